The van der Waals surface area contributed by atoms with Crippen LogP contribution in [0.5, 0.6) is 0 Å². The van der Waals surface area contributed by atoms with Crippen molar-refractivity contribution in [1.82, 2.24) is 14.9 Å². The number of halogens is 3. The maximum Gasteiger partial charge on any atom is 0.416 e. The molecule has 0 aliphatic carbocycles. The number of furan rings is 1. The van der Waals surface area contributed by atoms with Crippen molar-refractivity contribution in [2.24, 2.45) is 0 Å². The standard InChI is InChI=1S/C21H20F3N5O3/c22-21(23,24)14-4-1-3-13(11-14)12-26-18-16(19(30)29-6-9-31-10-7-29)17(27-20(25)28-18)15-5-2-8-32-15/h1-5,8,11H,6-7,9-10,12H2,(H3,25,26,27,28). The number of amides is 1. The van der Waals surface area contributed by atoms with E-state index >= 15 is 0 Å². The summed E-state index contributed by atoms with van der Waals surface area (Å²) in [7, 11) is 0. The van der Waals surface area contributed by atoms with E-state index in [9.17, 15) is 18.0 Å². The van der Waals surface area contributed by atoms with Gasteiger partial charge in [0.05, 0.1) is 25.0 Å². The molecule has 0 radical (unpaired) electrons. The van der Waals surface area contributed by atoms with Crippen LogP contribution in [0.2, 0.25) is 0 Å². The minimum absolute atomic E-state index is 0.0125. The van der Waals surface area contributed by atoms with Crippen molar-refractivity contribution >= 4 is 17.7 Å². The number of nitrogens with zero attached hydrogens (tertiary/aromatic N) is 3. The van der Waals surface area contributed by atoms with E-state index in [-0.39, 0.29) is 35.5 Å². The molecule has 0 spiro atoms. The lowest BCUT2D eigenvalue weighted by atomic mass is 10.1. The van der Waals surface area contributed by atoms with Gasteiger partial charge in [-0.1, -0.05) is 12.1 Å². The van der Waals surface area contributed by atoms with Gasteiger partial charge in [-0.3, -0.25) is 4.79 Å². The number of nitrogen functional groups attached to an aromatic ring is 1. The molecule has 1 amide bonds. The number of nitrogens with one attached hydrogen (secondary N) is 1. The molecule has 4 rings (SSSR count). The Balaban J connectivity index is 1.70. The summed E-state index contributed by atoms with van der Waals surface area (Å²) in [6.45, 7) is 1.54. The summed E-state index contributed by atoms with van der Waals surface area (Å²) in [6.07, 6.45) is -3.02. The Kier molecular flexibility index (Phi) is 5.99. The molecule has 1 aliphatic rings. The Hall–Kier alpha value is -3.60. The van der Waals surface area contributed by atoms with Crippen LogP contribution in [0.3, 0.4) is 0 Å². The van der Waals surface area contributed by atoms with Crippen LogP contribution in [0.25, 0.3) is 11.5 Å². The Labute approximate surface area is 181 Å². The van der Waals surface area contributed by atoms with Crippen molar-refractivity contribution in [2.75, 3.05) is 37.4 Å². The van der Waals surface area contributed by atoms with Gasteiger partial charge >= 0.3 is 6.18 Å². The molecule has 168 valence electrons. The maximum atomic E-state index is 13.4. The highest BCUT2D eigenvalue weighted by molar-refractivity contribution is 6.04. The van der Waals surface area contributed by atoms with Crippen molar-refractivity contribution in [3.8, 4) is 11.5 Å². The quantitative estimate of drug-likeness (QED) is 0.617. The Morgan fingerprint density at radius 2 is 1.94 bits per heavy atom. The zero-order valence-electron chi connectivity index (χ0n) is 16.9. The molecule has 0 bridgehead atoms. The zero-order valence-corrected chi connectivity index (χ0v) is 16.9. The first kappa shape index (κ1) is 21.6. The lowest BCUT2D eigenvalue weighted by molar-refractivity contribution is -0.137. The number of alkyl halides is 3. The molecule has 2 aromatic heterocycles. The van der Waals surface area contributed by atoms with Crippen molar-refractivity contribution in [1.29, 1.82) is 0 Å². The second-order valence-corrected chi connectivity index (χ2v) is 7.09. The van der Waals surface area contributed by atoms with E-state index in [1.54, 1.807) is 23.1 Å². The molecular weight excluding hydrogens is 427 g/mol. The minimum Gasteiger partial charge on any atom is -0.463 e. The van der Waals surface area contributed by atoms with Crippen LogP contribution in [-0.4, -0.2) is 47.1 Å². The number of morpholine rings is 1. The normalized spacial score (nSPS) is 14.4. The average molecular weight is 447 g/mol. The molecule has 1 aromatic carbocycles. The highest BCUT2D eigenvalue weighted by Crippen LogP contribution is 2.31. The van der Waals surface area contributed by atoms with Crippen LogP contribution in [0.4, 0.5) is 24.9 Å². The highest BCUT2D eigenvalue weighted by atomic mass is 19.4. The largest absolute Gasteiger partial charge is 0.463 e. The topological polar surface area (TPSA) is 107 Å². The van der Waals surface area contributed by atoms with Gasteiger partial charge in [-0.15, -0.1) is 0 Å². The number of carbonyl (C=O) groups excluding carboxylic acids is 1. The van der Waals surface area contributed by atoms with Crippen LogP contribution in [-0.2, 0) is 17.5 Å². The molecule has 32 heavy (non-hydrogen) atoms. The van der Waals surface area contributed by atoms with Crippen molar-refractivity contribution < 1.29 is 27.1 Å². The molecule has 3 aromatic rings. The minimum atomic E-state index is -4.46. The average Bonchev–Trinajstić information content (AvgIpc) is 3.32. The number of carbonyl (C=O) groups is 1. The number of nitrogens with two attached hydrogens (primary N) is 1. The number of rotatable bonds is 5. The number of aromatic nitrogens is 2. The third-order valence-electron chi connectivity index (χ3n) is 4.91. The summed E-state index contributed by atoms with van der Waals surface area (Å²) in [6, 6.07) is 8.18. The predicted octanol–water partition coefficient (Wildman–Crippen LogP) is 3.42. The zero-order chi connectivity index (χ0) is 22.7. The number of hydrogen-bond acceptors (Lipinski definition) is 7. The van der Waals surface area contributed by atoms with Crippen molar-refractivity contribution in [2.45, 2.75) is 12.7 Å². The second-order valence-electron chi connectivity index (χ2n) is 7.09. The van der Waals surface area contributed by atoms with Crippen molar-refractivity contribution in [3.05, 3.63) is 59.4 Å². The summed E-state index contributed by atoms with van der Waals surface area (Å²) in [5.74, 6) is -0.0386. The van der Waals surface area contributed by atoms with E-state index in [2.05, 4.69) is 15.3 Å². The lowest BCUT2D eigenvalue weighted by Crippen LogP contribution is -2.41. The molecule has 0 saturated carbocycles. The van der Waals surface area contributed by atoms with E-state index < -0.39 is 11.7 Å². The van der Waals surface area contributed by atoms with Gasteiger partial charge in [0.2, 0.25) is 5.95 Å². The third-order valence-corrected chi connectivity index (χ3v) is 4.91. The van der Waals surface area contributed by atoms with Gasteiger partial charge in [-0.05, 0) is 29.8 Å². The fourth-order valence-electron chi connectivity index (χ4n) is 3.37. The molecule has 8 nitrogen and oxygen atoms in total. The molecule has 3 N–H and O–H groups in total. The lowest BCUT2D eigenvalue weighted by Gasteiger charge is -2.28. The smallest absolute Gasteiger partial charge is 0.416 e. The molecule has 1 fully saturated rings. The summed E-state index contributed by atoms with van der Waals surface area (Å²) in [5.41, 5.74) is 5.79. The van der Waals surface area contributed by atoms with E-state index in [0.717, 1.165) is 12.1 Å². The first-order valence-electron chi connectivity index (χ1n) is 9.81. The highest BCUT2D eigenvalue weighted by Gasteiger charge is 2.31. The number of benzene rings is 1. The summed E-state index contributed by atoms with van der Waals surface area (Å²) >= 11 is 0. The van der Waals surface area contributed by atoms with Crippen LogP contribution in [0, 0.1) is 0 Å². The first-order valence-corrected chi connectivity index (χ1v) is 9.81. The van der Waals surface area contributed by atoms with Crippen LogP contribution >= 0.6 is 0 Å². The number of ether oxygens (including phenoxy) is 1. The maximum absolute atomic E-state index is 13.4. The van der Waals surface area contributed by atoms with E-state index in [0.29, 0.717) is 37.6 Å². The summed E-state index contributed by atoms with van der Waals surface area (Å²) in [4.78, 5) is 23.3. The van der Waals surface area contributed by atoms with Crippen LogP contribution in [0.15, 0.2) is 47.1 Å². The van der Waals surface area contributed by atoms with Gasteiger partial charge in [-0.25, -0.2) is 4.98 Å². The monoisotopic (exact) mass is 447 g/mol. The fraction of sp³-hybridized carbons (Fsp3) is 0.286. The summed E-state index contributed by atoms with van der Waals surface area (Å²) < 4.78 is 49.9. The van der Waals surface area contributed by atoms with Gasteiger partial charge in [0.25, 0.3) is 5.91 Å². The predicted molar refractivity (Wildman–Crippen MR) is 110 cm³/mol. The van der Waals surface area contributed by atoms with Gasteiger partial charge in [-0.2, -0.15) is 18.2 Å². The SMILES string of the molecule is Nc1nc(NCc2cccc(C(F)(F)F)c2)c(C(=O)N2CCOCC2)c(-c2ccco2)n1. The fourth-order valence-corrected chi connectivity index (χ4v) is 3.37. The first-order chi connectivity index (χ1) is 15.3. The molecule has 0 unspecified atom stereocenters. The van der Waals surface area contributed by atoms with Gasteiger partial charge in [0, 0.05) is 19.6 Å². The van der Waals surface area contributed by atoms with E-state index in [1.165, 1.54) is 12.3 Å². The molecular formula is C21H20F3N5O3. The van der Waals surface area contributed by atoms with Crippen LogP contribution < -0.4 is 11.1 Å². The van der Waals surface area contributed by atoms with Gasteiger partial charge < -0.3 is 25.1 Å². The number of hydrogen-bond donors (Lipinski definition) is 2. The van der Waals surface area contributed by atoms with E-state index in [1.807, 2.05) is 0 Å². The Morgan fingerprint density at radius 3 is 2.62 bits per heavy atom. The molecule has 1 aliphatic heterocycles. The molecule has 1 saturated heterocycles. The van der Waals surface area contributed by atoms with E-state index in [4.69, 9.17) is 14.9 Å². The Bertz CT molecular complexity index is 1100. The molecule has 3 heterocycles. The molecule has 11 heteroatoms. The Morgan fingerprint density at radius 1 is 1.16 bits per heavy atom. The van der Waals surface area contributed by atoms with Crippen LogP contribution in [0.1, 0.15) is 21.5 Å². The van der Waals surface area contributed by atoms with Crippen molar-refractivity contribution in [3.63, 3.8) is 0 Å². The molecule has 0 atom stereocenters. The second kappa shape index (κ2) is 8.87. The van der Waals surface area contributed by atoms with Gasteiger partial charge in [0.1, 0.15) is 17.1 Å². The summed E-state index contributed by atoms with van der Waals surface area (Å²) in [5, 5.41) is 2.95. The van der Waals surface area contributed by atoms with Gasteiger partial charge in [0.15, 0.2) is 5.76 Å². The third kappa shape index (κ3) is 4.67. The number of anilines is 2.